The van der Waals surface area contributed by atoms with Gasteiger partial charge in [0.2, 0.25) is 0 Å². The molecule has 0 bridgehead atoms. The lowest BCUT2D eigenvalue weighted by molar-refractivity contribution is -0.215. The molecule has 0 N–H and O–H groups in total. The third kappa shape index (κ3) is 3.14. The predicted molar refractivity (Wildman–Crippen MR) is 112 cm³/mol. The normalized spacial score (nSPS) is 48.0. The van der Waals surface area contributed by atoms with Gasteiger partial charge in [-0.25, -0.2) is 0 Å². The van der Waals surface area contributed by atoms with Crippen molar-refractivity contribution < 1.29 is 23.9 Å². The second-order valence-electron chi connectivity index (χ2n) is 11.2. The minimum Gasteiger partial charge on any atom is -0.463 e. The van der Waals surface area contributed by atoms with Crippen molar-refractivity contribution in [3.8, 4) is 0 Å². The number of fused-ring (bicyclic) bond motifs is 5. The first-order valence-corrected chi connectivity index (χ1v) is 11.9. The molecule has 0 spiro atoms. The van der Waals surface area contributed by atoms with Crippen molar-refractivity contribution in [2.75, 3.05) is 0 Å². The first-order valence-electron chi connectivity index (χ1n) is 11.9. The summed E-state index contributed by atoms with van der Waals surface area (Å²) >= 11 is 0. The number of carbonyl (C=O) groups is 3. The molecule has 0 amide bonds. The van der Waals surface area contributed by atoms with E-state index in [1.165, 1.54) is 26.7 Å². The average molecular weight is 419 g/mol. The van der Waals surface area contributed by atoms with E-state index in [9.17, 15) is 14.4 Å². The molecule has 4 saturated carbocycles. The summed E-state index contributed by atoms with van der Waals surface area (Å²) in [5, 5.41) is 0. The summed E-state index contributed by atoms with van der Waals surface area (Å²) in [4.78, 5) is 36.3. The Balaban J connectivity index is 1.59. The molecule has 8 atom stereocenters. The first kappa shape index (κ1) is 21.8. The van der Waals surface area contributed by atoms with Gasteiger partial charge in [0.05, 0.1) is 0 Å². The lowest BCUT2D eigenvalue weighted by Gasteiger charge is -2.65. The summed E-state index contributed by atoms with van der Waals surface area (Å²) < 4.78 is 11.4. The molecule has 0 saturated heterocycles. The van der Waals surface area contributed by atoms with Gasteiger partial charge in [0, 0.05) is 25.7 Å². The van der Waals surface area contributed by atoms with E-state index in [2.05, 4.69) is 13.8 Å². The highest BCUT2D eigenvalue weighted by Gasteiger charge is 2.65. The van der Waals surface area contributed by atoms with Crippen molar-refractivity contribution in [1.82, 2.24) is 0 Å². The quantitative estimate of drug-likeness (QED) is 0.600. The summed E-state index contributed by atoms with van der Waals surface area (Å²) in [5.41, 5.74) is -1.01. The van der Waals surface area contributed by atoms with Gasteiger partial charge < -0.3 is 9.47 Å². The molecular formula is C25H38O5. The fourth-order valence-corrected chi connectivity index (χ4v) is 8.31. The molecule has 4 aliphatic rings. The van der Waals surface area contributed by atoms with Crippen molar-refractivity contribution >= 4 is 17.7 Å². The van der Waals surface area contributed by atoms with E-state index < -0.39 is 5.60 Å². The zero-order chi connectivity index (χ0) is 21.9. The van der Waals surface area contributed by atoms with Gasteiger partial charge in [-0.05, 0) is 87.4 Å². The monoisotopic (exact) mass is 418 g/mol. The third-order valence-corrected chi connectivity index (χ3v) is 9.99. The van der Waals surface area contributed by atoms with Gasteiger partial charge in [-0.15, -0.1) is 0 Å². The summed E-state index contributed by atoms with van der Waals surface area (Å²) in [5.74, 6) is 1.82. The second-order valence-corrected chi connectivity index (χ2v) is 11.2. The van der Waals surface area contributed by atoms with Crippen molar-refractivity contribution in [3.63, 3.8) is 0 Å². The van der Waals surface area contributed by atoms with Crippen LogP contribution < -0.4 is 0 Å². The number of rotatable bonds is 2. The summed E-state index contributed by atoms with van der Waals surface area (Å²) in [6, 6.07) is 0. The maximum absolute atomic E-state index is 13.0. The van der Waals surface area contributed by atoms with Gasteiger partial charge >= 0.3 is 11.9 Å². The van der Waals surface area contributed by atoms with Crippen LogP contribution in [0.1, 0.15) is 92.4 Å². The lowest BCUT2D eigenvalue weighted by Crippen LogP contribution is -2.65. The molecule has 4 fully saturated rings. The van der Waals surface area contributed by atoms with Crippen LogP contribution in [0.5, 0.6) is 0 Å². The third-order valence-electron chi connectivity index (χ3n) is 9.99. The average Bonchev–Trinajstić information content (AvgIpc) is 2.65. The molecule has 168 valence electrons. The number of hydrogen-bond acceptors (Lipinski definition) is 5. The highest BCUT2D eigenvalue weighted by molar-refractivity contribution is 5.91. The zero-order valence-electron chi connectivity index (χ0n) is 19.3. The van der Waals surface area contributed by atoms with Gasteiger partial charge in [0.1, 0.15) is 6.10 Å². The number of Topliss-reactive ketones (excluding diaryl/α,β-unsaturated/α-hetero) is 1. The Morgan fingerprint density at radius 3 is 2.30 bits per heavy atom. The van der Waals surface area contributed by atoms with E-state index in [4.69, 9.17) is 9.47 Å². The molecule has 0 heterocycles. The summed E-state index contributed by atoms with van der Waals surface area (Å²) in [6.07, 6.45) is 8.93. The fourth-order valence-electron chi connectivity index (χ4n) is 8.31. The maximum Gasteiger partial charge on any atom is 0.303 e. The topological polar surface area (TPSA) is 69.7 Å². The van der Waals surface area contributed by atoms with E-state index in [-0.39, 0.29) is 34.7 Å². The van der Waals surface area contributed by atoms with E-state index >= 15 is 0 Å². The first-order chi connectivity index (χ1) is 14.0. The van der Waals surface area contributed by atoms with E-state index in [1.807, 2.05) is 6.92 Å². The Hall–Kier alpha value is -1.39. The second kappa shape index (κ2) is 7.34. The standard InChI is InChI=1S/C25H38O5/c1-15(26)29-18-10-12-23(3)17(14-18)6-7-19-20(23)11-13-24(4)21(19)8-9-22(28)25(24,5)30-16(2)27/h17-21H,6-14H2,1-5H3/t17-,18-,19+,20+,21+,23-,24-,25+/m0/s1. The number of hydrogen-bond donors (Lipinski definition) is 0. The SMILES string of the molecule is CC(=O)O[C@H]1CC[C@@]2(C)[C@@H](CC[C@@H]3[C@H]2CC[C@@]2(C)[C@@H]3CCC(=O)[C@@]2(C)OC(C)=O)C1. The van der Waals surface area contributed by atoms with Crippen LogP contribution in [0, 0.1) is 34.5 Å². The van der Waals surface area contributed by atoms with Crippen LogP contribution in [0.2, 0.25) is 0 Å². The van der Waals surface area contributed by atoms with Gasteiger partial charge in [-0.2, -0.15) is 0 Å². The largest absolute Gasteiger partial charge is 0.463 e. The zero-order valence-corrected chi connectivity index (χ0v) is 19.3. The Morgan fingerprint density at radius 2 is 1.63 bits per heavy atom. The maximum atomic E-state index is 13.0. The highest BCUT2D eigenvalue weighted by atomic mass is 16.6. The minimum atomic E-state index is -1.00. The smallest absolute Gasteiger partial charge is 0.303 e. The van der Waals surface area contributed by atoms with Crippen molar-refractivity contribution in [2.24, 2.45) is 34.5 Å². The molecule has 0 unspecified atom stereocenters. The van der Waals surface area contributed by atoms with Crippen LogP contribution in [0.4, 0.5) is 0 Å². The molecule has 0 aromatic carbocycles. The minimum absolute atomic E-state index is 0.0746. The number of carbonyl (C=O) groups excluding carboxylic acids is 3. The van der Waals surface area contributed by atoms with Crippen LogP contribution in [0.15, 0.2) is 0 Å². The fraction of sp³-hybridized carbons (Fsp3) is 0.880. The van der Waals surface area contributed by atoms with Crippen LogP contribution in [-0.4, -0.2) is 29.4 Å². The number of ketones is 1. The molecule has 0 aromatic rings. The van der Waals surface area contributed by atoms with Crippen LogP contribution in [0.3, 0.4) is 0 Å². The van der Waals surface area contributed by atoms with Gasteiger partial charge in [0.15, 0.2) is 11.4 Å². The van der Waals surface area contributed by atoms with Crippen molar-refractivity contribution in [1.29, 1.82) is 0 Å². The molecule has 0 aliphatic heterocycles. The van der Waals surface area contributed by atoms with Gasteiger partial charge in [0.25, 0.3) is 0 Å². The molecule has 5 heteroatoms. The van der Waals surface area contributed by atoms with Gasteiger partial charge in [-0.3, -0.25) is 14.4 Å². The van der Waals surface area contributed by atoms with Gasteiger partial charge in [-0.1, -0.05) is 13.8 Å². The Labute approximate surface area is 180 Å². The van der Waals surface area contributed by atoms with E-state index in [0.29, 0.717) is 30.1 Å². The molecule has 0 radical (unpaired) electrons. The lowest BCUT2D eigenvalue weighted by atomic mass is 9.41. The predicted octanol–water partition coefficient (Wildman–Crippen LogP) is 4.85. The molecule has 4 rings (SSSR count). The Bertz CT molecular complexity index is 746. The highest BCUT2D eigenvalue weighted by Crippen LogP contribution is 2.67. The molecule has 4 aliphatic carbocycles. The summed E-state index contributed by atoms with van der Waals surface area (Å²) in [7, 11) is 0. The van der Waals surface area contributed by atoms with Crippen molar-refractivity contribution in [2.45, 2.75) is 104 Å². The van der Waals surface area contributed by atoms with Crippen LogP contribution in [-0.2, 0) is 23.9 Å². The van der Waals surface area contributed by atoms with Crippen molar-refractivity contribution in [3.05, 3.63) is 0 Å². The van der Waals surface area contributed by atoms with Crippen LogP contribution in [0.25, 0.3) is 0 Å². The molecule has 30 heavy (non-hydrogen) atoms. The Morgan fingerprint density at radius 1 is 0.900 bits per heavy atom. The molecule has 0 aromatic heterocycles. The molecule has 5 nitrogen and oxygen atoms in total. The number of ether oxygens (including phenoxy) is 2. The van der Waals surface area contributed by atoms with Crippen LogP contribution >= 0.6 is 0 Å². The molecular weight excluding hydrogens is 380 g/mol. The Kier molecular flexibility index (Phi) is 5.34. The van der Waals surface area contributed by atoms with E-state index in [0.717, 1.165) is 38.5 Å². The summed E-state index contributed by atoms with van der Waals surface area (Å²) in [6.45, 7) is 9.49. The van der Waals surface area contributed by atoms with E-state index in [1.54, 1.807) is 0 Å². The number of esters is 2.